The number of nitrogens with zero attached hydrogens (tertiary/aromatic N) is 1. The van der Waals surface area contributed by atoms with Crippen LogP contribution in [-0.2, 0) is 16.4 Å². The van der Waals surface area contributed by atoms with Crippen LogP contribution in [0.5, 0.6) is 0 Å². The predicted octanol–water partition coefficient (Wildman–Crippen LogP) is 4.66. The molecule has 0 aliphatic heterocycles. The lowest BCUT2D eigenvalue weighted by atomic mass is 10.1. The number of halogens is 2. The van der Waals surface area contributed by atoms with Gasteiger partial charge in [-0.3, -0.25) is 4.79 Å². The highest BCUT2D eigenvalue weighted by Crippen LogP contribution is 2.39. The van der Waals surface area contributed by atoms with Gasteiger partial charge in [0.2, 0.25) is 0 Å². The number of thiophene rings is 1. The Morgan fingerprint density at radius 3 is 2.48 bits per heavy atom. The first kappa shape index (κ1) is 20.3. The highest BCUT2D eigenvalue weighted by atomic mass is 79.9. The Morgan fingerprint density at radius 1 is 1.26 bits per heavy atom. The number of sulfone groups is 1. The Morgan fingerprint density at radius 2 is 1.89 bits per heavy atom. The van der Waals surface area contributed by atoms with Gasteiger partial charge in [-0.05, 0) is 53.0 Å². The van der Waals surface area contributed by atoms with E-state index in [4.69, 9.17) is 11.6 Å². The van der Waals surface area contributed by atoms with Crippen LogP contribution in [0.3, 0.4) is 0 Å². The first-order valence-corrected chi connectivity index (χ1v) is 11.8. The predicted molar refractivity (Wildman–Crippen MR) is 113 cm³/mol. The molecule has 0 fully saturated rings. The van der Waals surface area contributed by atoms with Gasteiger partial charge >= 0.3 is 0 Å². The van der Waals surface area contributed by atoms with Crippen molar-refractivity contribution in [1.29, 1.82) is 0 Å². The Hall–Kier alpha value is -1.48. The van der Waals surface area contributed by atoms with Crippen molar-refractivity contribution in [2.24, 2.45) is 0 Å². The maximum absolute atomic E-state index is 12.6. The Labute approximate surface area is 174 Å². The summed E-state index contributed by atoms with van der Waals surface area (Å²) in [6, 6.07) is 6.44. The number of rotatable bonds is 4. The van der Waals surface area contributed by atoms with Gasteiger partial charge in [0.1, 0.15) is 9.71 Å². The van der Waals surface area contributed by atoms with E-state index in [1.807, 2.05) is 13.8 Å². The second-order valence-electron chi connectivity index (χ2n) is 6.16. The maximum Gasteiger partial charge on any atom is 0.262 e. The second kappa shape index (κ2) is 7.50. The van der Waals surface area contributed by atoms with E-state index in [0.29, 0.717) is 14.4 Å². The number of hydrogen-bond donors (Lipinski definition) is 1. The quantitative estimate of drug-likeness (QED) is 0.580. The van der Waals surface area contributed by atoms with E-state index >= 15 is 0 Å². The van der Waals surface area contributed by atoms with E-state index in [-0.39, 0.29) is 17.3 Å². The minimum atomic E-state index is -3.24. The minimum Gasteiger partial charge on any atom is -0.347 e. The molecule has 3 aromatic rings. The molecule has 1 aromatic carbocycles. The van der Waals surface area contributed by atoms with Gasteiger partial charge in [-0.15, -0.1) is 11.3 Å². The molecule has 0 atom stereocenters. The number of fused-ring (bicyclic) bond motifs is 1. The zero-order chi connectivity index (χ0) is 19.9. The summed E-state index contributed by atoms with van der Waals surface area (Å²) in [7, 11) is -3.24. The number of hydrogen-bond acceptors (Lipinski definition) is 5. The first-order valence-electron chi connectivity index (χ1n) is 7.91. The summed E-state index contributed by atoms with van der Waals surface area (Å²) >= 11 is 11.1. The molecule has 0 spiro atoms. The topological polar surface area (TPSA) is 76.1 Å². The lowest BCUT2D eigenvalue weighted by Gasteiger charge is -2.06. The normalized spacial score (nSPS) is 11.7. The molecule has 1 N–H and O–H groups in total. The van der Waals surface area contributed by atoms with E-state index < -0.39 is 9.84 Å². The molecule has 0 aliphatic rings. The molecule has 0 saturated carbocycles. The SMILES string of the molecule is Cc1nc2sc(C(=O)NCc3ccc(S(C)(=O)=O)cc3)c(Br)c2c(C)c1Cl. The van der Waals surface area contributed by atoms with Gasteiger partial charge in [0.25, 0.3) is 5.91 Å². The molecule has 0 aliphatic carbocycles. The highest BCUT2D eigenvalue weighted by Gasteiger charge is 2.21. The van der Waals surface area contributed by atoms with Crippen LogP contribution in [0, 0.1) is 13.8 Å². The summed E-state index contributed by atoms with van der Waals surface area (Å²) in [5, 5.41) is 4.30. The molecule has 3 rings (SSSR count). The van der Waals surface area contributed by atoms with E-state index in [1.165, 1.54) is 23.5 Å². The van der Waals surface area contributed by atoms with Crippen molar-refractivity contribution in [3.8, 4) is 0 Å². The lowest BCUT2D eigenvalue weighted by Crippen LogP contribution is -2.22. The summed E-state index contributed by atoms with van der Waals surface area (Å²) in [6.07, 6.45) is 1.16. The fraction of sp³-hybridized carbons (Fsp3) is 0.222. The standard InChI is InChI=1S/C18H16BrClN2O3S2/c1-9-13-14(19)16(26-18(13)22-10(2)15(9)20)17(23)21-8-11-4-6-12(7-5-11)27(3,24)25/h4-7H,8H2,1-3H3,(H,21,23). The van der Waals surface area contributed by atoms with Crippen LogP contribution >= 0.6 is 38.9 Å². The van der Waals surface area contributed by atoms with Gasteiger partial charge in [0, 0.05) is 18.2 Å². The third-order valence-electron chi connectivity index (χ3n) is 4.13. The molecule has 2 aromatic heterocycles. The van der Waals surface area contributed by atoms with Crippen LogP contribution in [-0.4, -0.2) is 25.6 Å². The van der Waals surface area contributed by atoms with Gasteiger partial charge in [0.05, 0.1) is 20.1 Å². The molecule has 0 radical (unpaired) electrons. The van der Waals surface area contributed by atoms with Gasteiger partial charge in [-0.1, -0.05) is 23.7 Å². The van der Waals surface area contributed by atoms with Crippen LogP contribution in [0.1, 0.15) is 26.5 Å². The Kier molecular flexibility index (Phi) is 5.63. The van der Waals surface area contributed by atoms with Crippen molar-refractivity contribution in [2.45, 2.75) is 25.3 Å². The monoisotopic (exact) mass is 486 g/mol. The first-order chi connectivity index (χ1) is 12.6. The molecule has 9 heteroatoms. The summed E-state index contributed by atoms with van der Waals surface area (Å²) in [5.41, 5.74) is 2.42. The van der Waals surface area contributed by atoms with Crippen LogP contribution in [0.4, 0.5) is 0 Å². The molecule has 142 valence electrons. The van der Waals surface area contributed by atoms with Crippen molar-refractivity contribution in [3.05, 3.63) is 55.5 Å². The second-order valence-corrected chi connectivity index (χ2v) is 10.3. The number of benzene rings is 1. The van der Waals surface area contributed by atoms with Crippen molar-refractivity contribution >= 4 is 64.8 Å². The number of nitrogens with one attached hydrogen (secondary N) is 1. The van der Waals surface area contributed by atoms with Gasteiger partial charge in [-0.25, -0.2) is 13.4 Å². The Balaban J connectivity index is 1.83. The van der Waals surface area contributed by atoms with Crippen molar-refractivity contribution < 1.29 is 13.2 Å². The van der Waals surface area contributed by atoms with Crippen molar-refractivity contribution in [1.82, 2.24) is 10.3 Å². The molecule has 2 heterocycles. The van der Waals surface area contributed by atoms with E-state index in [0.717, 1.165) is 33.3 Å². The van der Waals surface area contributed by atoms with Gasteiger partial charge < -0.3 is 5.32 Å². The number of aromatic nitrogens is 1. The number of pyridine rings is 1. The van der Waals surface area contributed by atoms with Gasteiger partial charge in [0.15, 0.2) is 9.84 Å². The zero-order valence-electron chi connectivity index (χ0n) is 14.8. The summed E-state index contributed by atoms with van der Waals surface area (Å²) < 4.78 is 23.7. The number of carbonyl (C=O) groups is 1. The number of amides is 1. The summed E-state index contributed by atoms with van der Waals surface area (Å²) in [4.78, 5) is 18.6. The average Bonchev–Trinajstić information content (AvgIpc) is 2.93. The lowest BCUT2D eigenvalue weighted by molar-refractivity contribution is 0.0954. The minimum absolute atomic E-state index is 0.231. The molecule has 0 bridgehead atoms. The van der Waals surface area contributed by atoms with Crippen molar-refractivity contribution in [3.63, 3.8) is 0 Å². The molecule has 0 saturated heterocycles. The molecular formula is C18H16BrClN2O3S2. The average molecular weight is 488 g/mol. The Bertz CT molecular complexity index is 1160. The fourth-order valence-electron chi connectivity index (χ4n) is 2.65. The van der Waals surface area contributed by atoms with Crippen LogP contribution < -0.4 is 5.32 Å². The smallest absolute Gasteiger partial charge is 0.262 e. The maximum atomic E-state index is 12.6. The van der Waals surface area contributed by atoms with Crippen LogP contribution in [0.25, 0.3) is 10.2 Å². The molecule has 0 unspecified atom stereocenters. The van der Waals surface area contributed by atoms with E-state index in [2.05, 4.69) is 26.2 Å². The number of carbonyl (C=O) groups excluding carboxylic acids is 1. The fourth-order valence-corrected chi connectivity index (χ4v) is 5.55. The van der Waals surface area contributed by atoms with Gasteiger partial charge in [-0.2, -0.15) is 0 Å². The van der Waals surface area contributed by atoms with E-state index in [9.17, 15) is 13.2 Å². The third kappa shape index (κ3) is 4.03. The highest BCUT2D eigenvalue weighted by molar-refractivity contribution is 9.10. The summed E-state index contributed by atoms with van der Waals surface area (Å²) in [5.74, 6) is -0.231. The number of aryl methyl sites for hydroxylation is 2. The van der Waals surface area contributed by atoms with Crippen molar-refractivity contribution in [2.75, 3.05) is 6.26 Å². The molecular weight excluding hydrogens is 472 g/mol. The molecule has 27 heavy (non-hydrogen) atoms. The zero-order valence-corrected chi connectivity index (χ0v) is 18.7. The largest absolute Gasteiger partial charge is 0.347 e. The van der Waals surface area contributed by atoms with Crippen LogP contribution in [0.2, 0.25) is 5.02 Å². The van der Waals surface area contributed by atoms with E-state index in [1.54, 1.807) is 12.1 Å². The third-order valence-corrected chi connectivity index (χ3v) is 7.96. The van der Waals surface area contributed by atoms with Crippen LogP contribution in [0.15, 0.2) is 33.6 Å². The summed E-state index contributed by atoms with van der Waals surface area (Å²) in [6.45, 7) is 4.03. The molecule has 1 amide bonds. The molecule has 5 nitrogen and oxygen atoms in total.